The fourth-order valence-electron chi connectivity index (χ4n) is 3.64. The molecule has 1 atom stereocenters. The topological polar surface area (TPSA) is 78.3 Å². The van der Waals surface area contributed by atoms with Crippen LogP contribution in [0, 0.1) is 6.92 Å². The van der Waals surface area contributed by atoms with Gasteiger partial charge in [0.05, 0.1) is 12.2 Å². The number of nitrogens with zero attached hydrogens (tertiary/aromatic N) is 3. The first-order valence-corrected chi connectivity index (χ1v) is 10.4. The molecule has 0 aliphatic carbocycles. The highest BCUT2D eigenvalue weighted by Gasteiger charge is 2.34. The van der Waals surface area contributed by atoms with Gasteiger partial charge in [-0.25, -0.2) is 9.48 Å². The quantitative estimate of drug-likeness (QED) is 0.573. The minimum absolute atomic E-state index is 0.357. The molecule has 2 aromatic carbocycles. The van der Waals surface area contributed by atoms with Gasteiger partial charge in [0.25, 0.3) is 0 Å². The summed E-state index contributed by atoms with van der Waals surface area (Å²) in [4.78, 5) is 17.2. The van der Waals surface area contributed by atoms with Gasteiger partial charge < -0.3 is 14.8 Å². The van der Waals surface area contributed by atoms with Crippen LogP contribution >= 0.6 is 0 Å². The molecule has 7 heteroatoms. The molecule has 0 amide bonds. The van der Waals surface area contributed by atoms with Gasteiger partial charge in [-0.1, -0.05) is 43.3 Å². The summed E-state index contributed by atoms with van der Waals surface area (Å²) in [5.41, 5.74) is 4.41. The summed E-state index contributed by atoms with van der Waals surface area (Å²) in [7, 11) is 0. The first-order chi connectivity index (χ1) is 15.1. The average Bonchev–Trinajstić information content (AvgIpc) is 3.24. The summed E-state index contributed by atoms with van der Waals surface area (Å²) in [6.07, 6.45) is 2.23. The van der Waals surface area contributed by atoms with Crippen molar-refractivity contribution in [2.75, 3.05) is 11.9 Å². The first-order valence-electron chi connectivity index (χ1n) is 10.4. The van der Waals surface area contributed by atoms with Crippen LogP contribution in [0.1, 0.15) is 43.0 Å². The van der Waals surface area contributed by atoms with Gasteiger partial charge in [0, 0.05) is 5.70 Å². The monoisotopic (exact) mass is 418 g/mol. The van der Waals surface area contributed by atoms with E-state index in [9.17, 15) is 4.79 Å². The fraction of sp³-hybridized carbons (Fsp3) is 0.292. The number of benzene rings is 2. The van der Waals surface area contributed by atoms with E-state index in [0.29, 0.717) is 30.4 Å². The summed E-state index contributed by atoms with van der Waals surface area (Å²) in [5.74, 6) is 0.949. The Bertz CT molecular complexity index is 1120. The molecule has 4 rings (SSSR count). The zero-order chi connectivity index (χ0) is 21.8. The number of fused-ring (bicyclic) bond motifs is 1. The summed E-state index contributed by atoms with van der Waals surface area (Å²) in [6, 6.07) is 15.4. The van der Waals surface area contributed by atoms with Crippen molar-refractivity contribution >= 4 is 11.9 Å². The molecule has 2 heterocycles. The van der Waals surface area contributed by atoms with Gasteiger partial charge in [-0.3, -0.25) is 0 Å². The van der Waals surface area contributed by atoms with E-state index in [1.54, 1.807) is 4.68 Å². The number of esters is 1. The van der Waals surface area contributed by atoms with Crippen LogP contribution in [0.4, 0.5) is 5.95 Å². The van der Waals surface area contributed by atoms with E-state index in [-0.39, 0.29) is 5.97 Å². The highest BCUT2D eigenvalue weighted by atomic mass is 16.5. The zero-order valence-electron chi connectivity index (χ0n) is 18.0. The van der Waals surface area contributed by atoms with Crippen molar-refractivity contribution in [2.45, 2.75) is 39.8 Å². The second kappa shape index (κ2) is 9.04. The van der Waals surface area contributed by atoms with E-state index in [0.717, 1.165) is 23.3 Å². The second-order valence-electron chi connectivity index (χ2n) is 7.52. The molecule has 1 N–H and O–H groups in total. The molecule has 1 unspecified atom stereocenters. The van der Waals surface area contributed by atoms with Gasteiger partial charge in [0.2, 0.25) is 5.95 Å². The largest absolute Gasteiger partial charge is 0.489 e. The van der Waals surface area contributed by atoms with E-state index in [1.165, 1.54) is 11.9 Å². The van der Waals surface area contributed by atoms with Crippen LogP contribution in [0.2, 0.25) is 0 Å². The number of hydrogen-bond donors (Lipinski definition) is 1. The normalized spacial score (nSPS) is 15.3. The van der Waals surface area contributed by atoms with Crippen molar-refractivity contribution in [3.63, 3.8) is 0 Å². The lowest BCUT2D eigenvalue weighted by atomic mass is 9.95. The lowest BCUT2D eigenvalue weighted by Crippen LogP contribution is -2.29. The Balaban J connectivity index is 1.65. The third-order valence-electron chi connectivity index (χ3n) is 5.28. The van der Waals surface area contributed by atoms with Crippen molar-refractivity contribution in [2.24, 2.45) is 0 Å². The maximum atomic E-state index is 12.9. The summed E-state index contributed by atoms with van der Waals surface area (Å²) >= 11 is 0. The fourth-order valence-corrected chi connectivity index (χ4v) is 3.64. The third kappa shape index (κ3) is 4.30. The van der Waals surface area contributed by atoms with Gasteiger partial charge in [-0.2, -0.15) is 10.1 Å². The number of aryl methyl sites for hydroxylation is 1. The van der Waals surface area contributed by atoms with Crippen molar-refractivity contribution < 1.29 is 14.3 Å². The maximum absolute atomic E-state index is 12.9. The lowest BCUT2D eigenvalue weighted by Gasteiger charge is -2.28. The lowest BCUT2D eigenvalue weighted by molar-refractivity contribution is -0.139. The van der Waals surface area contributed by atoms with Crippen LogP contribution < -0.4 is 10.1 Å². The standard InChI is InChI=1S/C24H26N4O3/c1-4-12-30-23(29)21-17(3)27-24-25-15-26-28(24)22(21)18-10-7-11-20(13-18)31-14-19-9-6-5-8-16(19)2/h5-11,13,15,22H,4,12,14H2,1-3H3,(H,25,26,27). The number of nitrogens with one attached hydrogen (secondary N) is 1. The van der Waals surface area contributed by atoms with Gasteiger partial charge in [0.1, 0.15) is 24.7 Å². The number of carbonyl (C=O) groups is 1. The predicted molar refractivity (Wildman–Crippen MR) is 118 cm³/mol. The Morgan fingerprint density at radius 1 is 1.16 bits per heavy atom. The first kappa shape index (κ1) is 20.7. The molecule has 0 saturated carbocycles. The van der Waals surface area contributed by atoms with Crippen molar-refractivity contribution in [1.29, 1.82) is 0 Å². The molecular formula is C24H26N4O3. The van der Waals surface area contributed by atoms with Gasteiger partial charge >= 0.3 is 5.97 Å². The van der Waals surface area contributed by atoms with E-state index in [2.05, 4.69) is 34.5 Å². The molecular weight excluding hydrogens is 392 g/mol. The highest BCUT2D eigenvalue weighted by Crippen LogP contribution is 2.36. The van der Waals surface area contributed by atoms with Crippen molar-refractivity contribution in [3.05, 3.63) is 82.8 Å². The molecule has 160 valence electrons. The zero-order valence-corrected chi connectivity index (χ0v) is 18.0. The smallest absolute Gasteiger partial charge is 0.338 e. The molecule has 0 bridgehead atoms. The number of carbonyl (C=O) groups excluding carboxylic acids is 1. The van der Waals surface area contributed by atoms with Crippen molar-refractivity contribution in [3.8, 4) is 5.75 Å². The van der Waals surface area contributed by atoms with E-state index in [1.807, 2.05) is 50.2 Å². The molecule has 31 heavy (non-hydrogen) atoms. The van der Waals surface area contributed by atoms with Crippen LogP contribution in [0.15, 0.2) is 66.1 Å². The van der Waals surface area contributed by atoms with Gasteiger partial charge in [-0.15, -0.1) is 0 Å². The molecule has 3 aromatic rings. The Labute approximate surface area is 181 Å². The molecule has 1 aromatic heterocycles. The molecule has 1 aliphatic rings. The summed E-state index contributed by atoms with van der Waals surface area (Å²) in [6.45, 7) is 6.73. The van der Waals surface area contributed by atoms with Crippen LogP contribution in [0.25, 0.3) is 0 Å². The van der Waals surface area contributed by atoms with Gasteiger partial charge in [0.15, 0.2) is 0 Å². The van der Waals surface area contributed by atoms with Crippen LogP contribution in [0.5, 0.6) is 5.75 Å². The molecule has 0 spiro atoms. The van der Waals surface area contributed by atoms with Crippen molar-refractivity contribution in [1.82, 2.24) is 14.8 Å². The van der Waals surface area contributed by atoms with E-state index >= 15 is 0 Å². The average molecular weight is 418 g/mol. The third-order valence-corrected chi connectivity index (χ3v) is 5.28. The predicted octanol–water partition coefficient (Wildman–Crippen LogP) is 4.41. The number of rotatable bonds is 7. The van der Waals surface area contributed by atoms with Crippen LogP contribution in [-0.4, -0.2) is 27.3 Å². The number of aromatic nitrogens is 3. The SMILES string of the molecule is CCCOC(=O)C1=C(C)Nc2ncnn2C1c1cccc(OCc2ccccc2C)c1. The summed E-state index contributed by atoms with van der Waals surface area (Å²) in [5, 5.41) is 7.51. The van der Waals surface area contributed by atoms with Crippen LogP contribution in [-0.2, 0) is 16.1 Å². The highest BCUT2D eigenvalue weighted by molar-refractivity contribution is 5.92. The van der Waals surface area contributed by atoms with E-state index < -0.39 is 6.04 Å². The number of anilines is 1. The molecule has 0 fully saturated rings. The van der Waals surface area contributed by atoms with E-state index in [4.69, 9.17) is 9.47 Å². The Kier molecular flexibility index (Phi) is 6.02. The number of ether oxygens (including phenoxy) is 2. The number of hydrogen-bond acceptors (Lipinski definition) is 6. The number of allylic oxidation sites excluding steroid dienone is 1. The maximum Gasteiger partial charge on any atom is 0.338 e. The Hall–Kier alpha value is -3.61. The Morgan fingerprint density at radius 2 is 2.00 bits per heavy atom. The minimum Gasteiger partial charge on any atom is -0.489 e. The molecule has 7 nitrogen and oxygen atoms in total. The minimum atomic E-state index is -0.454. The van der Waals surface area contributed by atoms with Crippen LogP contribution in [0.3, 0.4) is 0 Å². The summed E-state index contributed by atoms with van der Waals surface area (Å²) < 4.78 is 13.2. The van der Waals surface area contributed by atoms with Gasteiger partial charge in [-0.05, 0) is 49.1 Å². The second-order valence-corrected chi connectivity index (χ2v) is 7.52. The molecule has 0 saturated heterocycles. The molecule has 0 radical (unpaired) electrons. The Morgan fingerprint density at radius 3 is 2.81 bits per heavy atom. The molecule has 1 aliphatic heterocycles.